The fourth-order valence-corrected chi connectivity index (χ4v) is 3.02. The van der Waals surface area contributed by atoms with E-state index >= 15 is 0 Å². The van der Waals surface area contributed by atoms with Crippen molar-refractivity contribution in [3.63, 3.8) is 0 Å². The lowest BCUT2D eigenvalue weighted by molar-refractivity contribution is -0.129. The van der Waals surface area contributed by atoms with Gasteiger partial charge >= 0.3 is 5.97 Å². The SMILES string of the molecule is COc1ccc(Cl)cc1-n1c(C)cc(C(=O)O[C@H](C)C(=O)NC(C)C)c1C. The third kappa shape index (κ3) is 4.63. The minimum atomic E-state index is -0.885. The van der Waals surface area contributed by atoms with Crippen molar-refractivity contribution in [1.29, 1.82) is 0 Å². The minimum absolute atomic E-state index is 0.0287. The maximum Gasteiger partial charge on any atom is 0.340 e. The Balaban J connectivity index is 2.34. The van der Waals surface area contributed by atoms with E-state index in [2.05, 4.69) is 5.32 Å². The fraction of sp³-hybridized carbons (Fsp3) is 0.400. The lowest BCUT2D eigenvalue weighted by Crippen LogP contribution is -2.39. The van der Waals surface area contributed by atoms with Gasteiger partial charge in [0.25, 0.3) is 5.91 Å². The van der Waals surface area contributed by atoms with Crippen LogP contribution < -0.4 is 10.1 Å². The highest BCUT2D eigenvalue weighted by Gasteiger charge is 2.24. The molecule has 1 N–H and O–H groups in total. The first-order valence-corrected chi connectivity index (χ1v) is 9.07. The number of halogens is 1. The average molecular weight is 393 g/mol. The van der Waals surface area contributed by atoms with Crippen LogP contribution >= 0.6 is 11.6 Å². The Bertz CT molecular complexity index is 858. The maximum absolute atomic E-state index is 12.6. The van der Waals surface area contributed by atoms with Gasteiger partial charge in [-0.05, 0) is 58.9 Å². The summed E-state index contributed by atoms with van der Waals surface area (Å²) in [6.07, 6.45) is -0.885. The minimum Gasteiger partial charge on any atom is -0.495 e. The zero-order valence-corrected chi connectivity index (χ0v) is 17.2. The maximum atomic E-state index is 12.6. The summed E-state index contributed by atoms with van der Waals surface area (Å²) in [4.78, 5) is 24.6. The van der Waals surface area contributed by atoms with Crippen LogP contribution in [0, 0.1) is 13.8 Å². The highest BCUT2D eigenvalue weighted by Crippen LogP contribution is 2.31. The second kappa shape index (κ2) is 8.48. The Labute approximate surface area is 164 Å². The van der Waals surface area contributed by atoms with Crippen molar-refractivity contribution in [2.45, 2.75) is 46.8 Å². The molecular weight excluding hydrogens is 368 g/mol. The first-order chi connectivity index (χ1) is 12.6. The zero-order valence-electron chi connectivity index (χ0n) is 16.4. The molecular formula is C20H25ClN2O4. The first-order valence-electron chi connectivity index (χ1n) is 8.70. The third-order valence-electron chi connectivity index (χ3n) is 4.12. The van der Waals surface area contributed by atoms with Gasteiger partial charge in [0.1, 0.15) is 5.75 Å². The van der Waals surface area contributed by atoms with Crippen molar-refractivity contribution in [1.82, 2.24) is 9.88 Å². The number of esters is 1. The van der Waals surface area contributed by atoms with Gasteiger partial charge in [-0.25, -0.2) is 4.79 Å². The topological polar surface area (TPSA) is 69.6 Å². The Morgan fingerprint density at radius 2 is 1.81 bits per heavy atom. The molecule has 0 spiro atoms. The predicted molar refractivity (Wildman–Crippen MR) is 105 cm³/mol. The van der Waals surface area contributed by atoms with E-state index < -0.39 is 12.1 Å². The smallest absolute Gasteiger partial charge is 0.340 e. The van der Waals surface area contributed by atoms with E-state index in [1.165, 1.54) is 0 Å². The molecule has 7 heteroatoms. The van der Waals surface area contributed by atoms with Crippen molar-refractivity contribution < 1.29 is 19.1 Å². The summed E-state index contributed by atoms with van der Waals surface area (Å²) in [5, 5.41) is 3.28. The van der Waals surface area contributed by atoms with E-state index in [-0.39, 0.29) is 11.9 Å². The highest BCUT2D eigenvalue weighted by molar-refractivity contribution is 6.30. The van der Waals surface area contributed by atoms with Crippen LogP contribution in [0.1, 0.15) is 42.5 Å². The summed E-state index contributed by atoms with van der Waals surface area (Å²) in [5.74, 6) is -0.254. The molecule has 0 saturated heterocycles. The average Bonchev–Trinajstić information content (AvgIpc) is 2.88. The normalized spacial score (nSPS) is 12.0. The van der Waals surface area contributed by atoms with Gasteiger partial charge in [0.15, 0.2) is 6.10 Å². The van der Waals surface area contributed by atoms with Gasteiger partial charge in [0.05, 0.1) is 18.4 Å². The number of aryl methyl sites for hydroxylation is 1. The Kier molecular flexibility index (Phi) is 6.54. The number of carbonyl (C=O) groups is 2. The lowest BCUT2D eigenvalue weighted by atomic mass is 10.2. The summed E-state index contributed by atoms with van der Waals surface area (Å²) in [6, 6.07) is 6.98. The Morgan fingerprint density at radius 3 is 2.41 bits per heavy atom. The molecule has 1 atom stereocenters. The summed E-state index contributed by atoms with van der Waals surface area (Å²) in [7, 11) is 1.57. The number of methoxy groups -OCH3 is 1. The molecule has 0 unspecified atom stereocenters. The quantitative estimate of drug-likeness (QED) is 0.758. The molecule has 0 fully saturated rings. The number of carbonyl (C=O) groups excluding carboxylic acids is 2. The van der Waals surface area contributed by atoms with Crippen LogP contribution in [0.25, 0.3) is 5.69 Å². The summed E-state index contributed by atoms with van der Waals surface area (Å²) < 4.78 is 12.6. The molecule has 0 aliphatic rings. The number of amides is 1. The molecule has 146 valence electrons. The summed E-state index contributed by atoms with van der Waals surface area (Å²) in [5.41, 5.74) is 2.61. The Morgan fingerprint density at radius 1 is 1.15 bits per heavy atom. The lowest BCUT2D eigenvalue weighted by Gasteiger charge is -2.16. The molecule has 6 nitrogen and oxygen atoms in total. The monoisotopic (exact) mass is 392 g/mol. The van der Waals surface area contributed by atoms with Gasteiger partial charge in [-0.1, -0.05) is 11.6 Å². The molecule has 1 aromatic heterocycles. The highest BCUT2D eigenvalue weighted by atomic mass is 35.5. The fourth-order valence-electron chi connectivity index (χ4n) is 2.86. The van der Waals surface area contributed by atoms with E-state index in [4.69, 9.17) is 21.1 Å². The molecule has 1 amide bonds. The Hall–Kier alpha value is -2.47. The van der Waals surface area contributed by atoms with Crippen molar-refractivity contribution >= 4 is 23.5 Å². The van der Waals surface area contributed by atoms with Crippen molar-refractivity contribution in [3.8, 4) is 11.4 Å². The van der Waals surface area contributed by atoms with Crippen LogP contribution in [0.3, 0.4) is 0 Å². The second-order valence-corrected chi connectivity index (χ2v) is 7.08. The molecule has 1 heterocycles. The van der Waals surface area contributed by atoms with E-state index in [0.29, 0.717) is 22.0 Å². The van der Waals surface area contributed by atoms with E-state index in [0.717, 1.165) is 11.4 Å². The van der Waals surface area contributed by atoms with Crippen molar-refractivity contribution in [3.05, 3.63) is 46.2 Å². The molecule has 1 aromatic carbocycles. The van der Waals surface area contributed by atoms with Gasteiger partial charge in [-0.15, -0.1) is 0 Å². The van der Waals surface area contributed by atoms with Gasteiger partial charge in [-0.2, -0.15) is 0 Å². The van der Waals surface area contributed by atoms with E-state index in [9.17, 15) is 9.59 Å². The van der Waals surface area contributed by atoms with Crippen LogP contribution in [0.15, 0.2) is 24.3 Å². The molecule has 0 bridgehead atoms. The summed E-state index contributed by atoms with van der Waals surface area (Å²) >= 11 is 6.14. The standard InChI is InChI=1S/C20H25ClN2O4/c1-11(2)22-19(24)14(5)27-20(25)16-9-12(3)23(13(16)4)17-10-15(21)7-8-18(17)26-6/h7-11,14H,1-6H3,(H,22,24)/t14-/m1/s1. The molecule has 0 saturated carbocycles. The second-order valence-electron chi connectivity index (χ2n) is 6.65. The van der Waals surface area contributed by atoms with Crippen LogP contribution in [-0.2, 0) is 9.53 Å². The van der Waals surface area contributed by atoms with Gasteiger partial charge in [0.2, 0.25) is 0 Å². The molecule has 0 radical (unpaired) electrons. The molecule has 2 aromatic rings. The number of nitrogens with zero attached hydrogens (tertiary/aromatic N) is 1. The first kappa shape index (κ1) is 20.8. The van der Waals surface area contributed by atoms with Gasteiger partial charge in [-0.3, -0.25) is 4.79 Å². The van der Waals surface area contributed by atoms with Crippen LogP contribution in [0.2, 0.25) is 5.02 Å². The number of benzene rings is 1. The van der Waals surface area contributed by atoms with Gasteiger partial charge < -0.3 is 19.4 Å². The predicted octanol–water partition coefficient (Wildman–Crippen LogP) is 3.83. The molecule has 2 rings (SSSR count). The number of nitrogens with one attached hydrogen (secondary N) is 1. The van der Waals surface area contributed by atoms with Crippen LogP contribution in [0.4, 0.5) is 0 Å². The molecule has 0 aliphatic heterocycles. The zero-order chi connectivity index (χ0) is 20.3. The molecule has 27 heavy (non-hydrogen) atoms. The van der Waals surface area contributed by atoms with Crippen LogP contribution in [-0.4, -0.2) is 35.7 Å². The largest absolute Gasteiger partial charge is 0.495 e. The number of rotatable bonds is 6. The van der Waals surface area contributed by atoms with E-state index in [1.54, 1.807) is 38.3 Å². The van der Waals surface area contributed by atoms with Crippen molar-refractivity contribution in [2.24, 2.45) is 0 Å². The van der Waals surface area contributed by atoms with Gasteiger partial charge in [0, 0.05) is 22.5 Å². The van der Waals surface area contributed by atoms with Crippen LogP contribution in [0.5, 0.6) is 5.75 Å². The number of hydrogen-bond donors (Lipinski definition) is 1. The summed E-state index contributed by atoms with van der Waals surface area (Å²) in [6.45, 7) is 8.92. The van der Waals surface area contributed by atoms with Crippen molar-refractivity contribution in [2.75, 3.05) is 7.11 Å². The number of hydrogen-bond acceptors (Lipinski definition) is 4. The third-order valence-corrected chi connectivity index (χ3v) is 4.35. The van der Waals surface area contributed by atoms with E-state index in [1.807, 2.05) is 32.3 Å². The molecule has 0 aliphatic carbocycles. The number of aromatic nitrogens is 1. The number of ether oxygens (including phenoxy) is 2.